The van der Waals surface area contributed by atoms with E-state index in [2.05, 4.69) is 10.1 Å². The van der Waals surface area contributed by atoms with Crippen molar-refractivity contribution < 1.29 is 19.4 Å². The topological polar surface area (TPSA) is 78.9 Å². The Balaban J connectivity index is 2.57. The van der Waals surface area contributed by atoms with E-state index in [-0.39, 0.29) is 19.1 Å². The van der Waals surface area contributed by atoms with Gasteiger partial charge in [-0.2, -0.15) is 0 Å². The number of hydrogen-bond acceptors (Lipinski definition) is 6. The molecule has 1 amide bonds. The van der Waals surface area contributed by atoms with Crippen molar-refractivity contribution in [2.45, 2.75) is 13.3 Å². The van der Waals surface area contributed by atoms with Crippen LogP contribution in [0.3, 0.4) is 0 Å². The number of hydrogen-bond donors (Lipinski definition) is 2. The van der Waals surface area contributed by atoms with Gasteiger partial charge < -0.3 is 15.2 Å². The van der Waals surface area contributed by atoms with Crippen LogP contribution < -0.4 is 5.32 Å². The predicted molar refractivity (Wildman–Crippen MR) is 78.1 cm³/mol. The molecule has 0 aliphatic carbocycles. The van der Waals surface area contributed by atoms with Crippen molar-refractivity contribution in [3.8, 4) is 0 Å². The minimum absolute atomic E-state index is 0.106. The number of carbonyl (C=O) groups is 2. The molecule has 0 unspecified atom stereocenters. The zero-order valence-electron chi connectivity index (χ0n) is 11.7. The van der Waals surface area contributed by atoms with E-state index in [4.69, 9.17) is 5.11 Å². The Labute approximate surface area is 122 Å². The van der Waals surface area contributed by atoms with E-state index in [0.29, 0.717) is 23.5 Å². The van der Waals surface area contributed by atoms with Crippen LogP contribution in [0.5, 0.6) is 0 Å². The van der Waals surface area contributed by atoms with Crippen molar-refractivity contribution in [2.75, 3.05) is 38.7 Å². The van der Waals surface area contributed by atoms with Crippen LogP contribution in [-0.2, 0) is 9.53 Å². The van der Waals surface area contributed by atoms with Gasteiger partial charge in [0.05, 0.1) is 19.3 Å². The summed E-state index contributed by atoms with van der Waals surface area (Å²) in [4.78, 5) is 25.8. The zero-order chi connectivity index (χ0) is 15.0. The minimum Gasteiger partial charge on any atom is -0.465 e. The Morgan fingerprint density at radius 3 is 2.85 bits per heavy atom. The summed E-state index contributed by atoms with van der Waals surface area (Å²) in [6.45, 7) is 3.67. The molecule has 0 aliphatic heterocycles. The highest BCUT2D eigenvalue weighted by atomic mass is 32.1. The summed E-state index contributed by atoms with van der Waals surface area (Å²) in [5.41, 5.74) is 0.477. The number of rotatable bonds is 8. The molecule has 1 heterocycles. The number of ether oxygens (including phenoxy) is 1. The van der Waals surface area contributed by atoms with Crippen molar-refractivity contribution in [1.82, 2.24) is 4.90 Å². The van der Waals surface area contributed by atoms with Crippen LogP contribution >= 0.6 is 11.3 Å². The van der Waals surface area contributed by atoms with Gasteiger partial charge in [-0.15, -0.1) is 11.3 Å². The number of nitrogens with one attached hydrogen (secondary N) is 1. The highest BCUT2D eigenvalue weighted by Crippen LogP contribution is 2.22. The van der Waals surface area contributed by atoms with Gasteiger partial charge in [-0.25, -0.2) is 4.79 Å². The summed E-state index contributed by atoms with van der Waals surface area (Å²) in [5.74, 6) is -0.642. The van der Waals surface area contributed by atoms with E-state index >= 15 is 0 Å². The standard InChI is InChI=1S/C13H20N2O4S/c1-3-15(6-4-7-16)9-11(17)14-10-5-8-20-12(10)13(18)19-2/h5,8,16H,3-4,6-7,9H2,1-2H3,(H,14,17). The molecule has 1 aromatic heterocycles. The number of likely N-dealkylation sites (N-methyl/N-ethyl adjacent to an activating group) is 1. The number of aliphatic hydroxyl groups is 1. The van der Waals surface area contributed by atoms with Gasteiger partial charge in [0.2, 0.25) is 5.91 Å². The number of carbonyl (C=O) groups excluding carboxylic acids is 2. The van der Waals surface area contributed by atoms with Gasteiger partial charge in [-0.3, -0.25) is 9.69 Å². The molecule has 112 valence electrons. The van der Waals surface area contributed by atoms with E-state index in [1.165, 1.54) is 18.4 Å². The van der Waals surface area contributed by atoms with Gasteiger partial charge >= 0.3 is 5.97 Å². The minimum atomic E-state index is -0.456. The van der Waals surface area contributed by atoms with Gasteiger partial charge in [0.25, 0.3) is 0 Å². The fourth-order valence-electron chi connectivity index (χ4n) is 1.69. The largest absolute Gasteiger partial charge is 0.465 e. The Morgan fingerprint density at radius 1 is 1.50 bits per heavy atom. The lowest BCUT2D eigenvalue weighted by Gasteiger charge is -2.19. The number of esters is 1. The maximum absolute atomic E-state index is 11.9. The van der Waals surface area contributed by atoms with E-state index in [1.807, 2.05) is 11.8 Å². The Bertz CT molecular complexity index is 447. The SMILES string of the molecule is CCN(CCCO)CC(=O)Nc1ccsc1C(=O)OC. The van der Waals surface area contributed by atoms with Crippen LogP contribution in [0.25, 0.3) is 0 Å². The number of anilines is 1. The number of amides is 1. The molecule has 2 N–H and O–H groups in total. The average Bonchev–Trinajstić information content (AvgIpc) is 2.90. The number of aliphatic hydroxyl groups excluding tert-OH is 1. The molecule has 0 aliphatic rings. The van der Waals surface area contributed by atoms with Crippen LogP contribution in [0.2, 0.25) is 0 Å². The van der Waals surface area contributed by atoms with E-state index in [1.54, 1.807) is 11.4 Å². The quantitative estimate of drug-likeness (QED) is 0.705. The normalized spacial score (nSPS) is 10.6. The second-order valence-electron chi connectivity index (χ2n) is 4.15. The molecule has 0 aromatic carbocycles. The molecule has 0 saturated heterocycles. The third-order valence-corrected chi connectivity index (χ3v) is 3.65. The van der Waals surface area contributed by atoms with Crippen LogP contribution in [-0.4, -0.2) is 55.2 Å². The van der Waals surface area contributed by atoms with Crippen molar-refractivity contribution in [3.63, 3.8) is 0 Å². The van der Waals surface area contributed by atoms with Crippen molar-refractivity contribution in [2.24, 2.45) is 0 Å². The first-order valence-electron chi connectivity index (χ1n) is 6.41. The highest BCUT2D eigenvalue weighted by Gasteiger charge is 2.16. The molecule has 1 rings (SSSR count). The maximum atomic E-state index is 11.9. The Morgan fingerprint density at radius 2 is 2.25 bits per heavy atom. The molecule has 0 saturated carbocycles. The monoisotopic (exact) mass is 300 g/mol. The van der Waals surface area contributed by atoms with Crippen molar-refractivity contribution in [3.05, 3.63) is 16.3 Å². The molecular formula is C13H20N2O4S. The van der Waals surface area contributed by atoms with Gasteiger partial charge in [0.15, 0.2) is 0 Å². The second kappa shape index (κ2) is 8.68. The molecule has 0 fully saturated rings. The summed E-state index contributed by atoms with van der Waals surface area (Å²) in [6.07, 6.45) is 0.632. The summed E-state index contributed by atoms with van der Waals surface area (Å²) in [7, 11) is 1.31. The molecule has 0 bridgehead atoms. The lowest BCUT2D eigenvalue weighted by atomic mass is 10.3. The molecule has 0 radical (unpaired) electrons. The van der Waals surface area contributed by atoms with Crippen LogP contribution in [0.1, 0.15) is 23.0 Å². The summed E-state index contributed by atoms with van der Waals surface area (Å²) < 4.78 is 4.65. The van der Waals surface area contributed by atoms with E-state index in [0.717, 1.165) is 6.54 Å². The van der Waals surface area contributed by atoms with Gasteiger partial charge in [-0.1, -0.05) is 6.92 Å². The molecule has 1 aromatic rings. The summed E-state index contributed by atoms with van der Waals surface area (Å²) >= 11 is 1.23. The fourth-order valence-corrected chi connectivity index (χ4v) is 2.46. The maximum Gasteiger partial charge on any atom is 0.350 e. The molecule has 20 heavy (non-hydrogen) atoms. The van der Waals surface area contributed by atoms with Crippen LogP contribution in [0, 0.1) is 0 Å². The third-order valence-electron chi connectivity index (χ3n) is 2.76. The average molecular weight is 300 g/mol. The summed E-state index contributed by atoms with van der Waals surface area (Å²) in [5, 5.41) is 13.2. The smallest absolute Gasteiger partial charge is 0.350 e. The third kappa shape index (κ3) is 4.92. The Kier molecular flexibility index (Phi) is 7.21. The molecule has 0 spiro atoms. The van der Waals surface area contributed by atoms with E-state index in [9.17, 15) is 9.59 Å². The Hall–Kier alpha value is -1.44. The highest BCUT2D eigenvalue weighted by molar-refractivity contribution is 7.12. The van der Waals surface area contributed by atoms with Gasteiger partial charge in [0.1, 0.15) is 4.88 Å². The van der Waals surface area contributed by atoms with Gasteiger partial charge in [-0.05, 0) is 24.4 Å². The van der Waals surface area contributed by atoms with Gasteiger partial charge in [0, 0.05) is 13.2 Å². The first-order valence-corrected chi connectivity index (χ1v) is 7.29. The molecule has 7 heteroatoms. The van der Waals surface area contributed by atoms with Crippen molar-refractivity contribution >= 4 is 28.9 Å². The predicted octanol–water partition coefficient (Wildman–Crippen LogP) is 1.18. The number of nitrogens with zero attached hydrogens (tertiary/aromatic N) is 1. The zero-order valence-corrected chi connectivity index (χ0v) is 12.5. The van der Waals surface area contributed by atoms with E-state index < -0.39 is 5.97 Å². The molecule has 6 nitrogen and oxygen atoms in total. The van der Waals surface area contributed by atoms with Crippen LogP contribution in [0.4, 0.5) is 5.69 Å². The lowest BCUT2D eigenvalue weighted by Crippen LogP contribution is -2.34. The van der Waals surface area contributed by atoms with Crippen molar-refractivity contribution in [1.29, 1.82) is 0 Å². The second-order valence-corrected chi connectivity index (χ2v) is 5.07. The first kappa shape index (κ1) is 16.6. The first-order chi connectivity index (χ1) is 9.62. The number of methoxy groups -OCH3 is 1. The molecule has 0 atom stereocenters. The summed E-state index contributed by atoms with van der Waals surface area (Å²) in [6, 6.07) is 1.68. The van der Waals surface area contributed by atoms with Crippen LogP contribution in [0.15, 0.2) is 11.4 Å². The number of thiophene rings is 1. The lowest BCUT2D eigenvalue weighted by molar-refractivity contribution is -0.117. The fraction of sp³-hybridized carbons (Fsp3) is 0.538. The molecular weight excluding hydrogens is 280 g/mol.